The Morgan fingerprint density at radius 3 is 2.55 bits per heavy atom. The zero-order chi connectivity index (χ0) is 21.8. The zero-order valence-corrected chi connectivity index (χ0v) is 17.3. The number of carbonyl (C=O) groups excluding carboxylic acids is 2. The van der Waals surface area contributed by atoms with Crippen LogP contribution in [0, 0.1) is 6.92 Å². The Labute approximate surface area is 179 Å². The van der Waals surface area contributed by atoms with Crippen molar-refractivity contribution in [3.05, 3.63) is 71.6 Å². The van der Waals surface area contributed by atoms with Gasteiger partial charge in [-0.15, -0.1) is 0 Å². The molecule has 0 saturated carbocycles. The largest absolute Gasteiger partial charge is 0.424 e. The molecule has 3 aromatic rings. The summed E-state index contributed by atoms with van der Waals surface area (Å²) in [6, 6.07) is 8.86. The van der Waals surface area contributed by atoms with Crippen LogP contribution >= 0.6 is 0 Å². The lowest BCUT2D eigenvalue weighted by Crippen LogP contribution is -2.28. The predicted octanol–water partition coefficient (Wildman–Crippen LogP) is 2.36. The van der Waals surface area contributed by atoms with Crippen LogP contribution in [0.1, 0.15) is 44.6 Å². The summed E-state index contributed by atoms with van der Waals surface area (Å²) in [4.78, 5) is 43.4. The number of likely N-dealkylation sites (tertiary alicyclic amines) is 1. The van der Waals surface area contributed by atoms with E-state index >= 15 is 0 Å². The van der Waals surface area contributed by atoms with Crippen LogP contribution in [0.4, 0.5) is 0 Å². The highest BCUT2D eigenvalue weighted by Gasteiger charge is 2.30. The molecular weight excluding hydrogens is 396 g/mol. The predicted molar refractivity (Wildman–Crippen MR) is 112 cm³/mol. The third-order valence-corrected chi connectivity index (χ3v) is 5.16. The van der Waals surface area contributed by atoms with Gasteiger partial charge in [-0.1, -0.05) is 0 Å². The van der Waals surface area contributed by atoms with Crippen molar-refractivity contribution in [1.29, 1.82) is 0 Å². The Hall–Kier alpha value is -3.88. The molecule has 2 amide bonds. The first-order valence-corrected chi connectivity index (χ1v) is 9.95. The summed E-state index contributed by atoms with van der Waals surface area (Å²) in [7, 11) is 1.57. The highest BCUT2D eigenvalue weighted by molar-refractivity contribution is 5.95. The van der Waals surface area contributed by atoms with Gasteiger partial charge in [0.25, 0.3) is 11.8 Å². The summed E-state index contributed by atoms with van der Waals surface area (Å²) in [6.07, 6.45) is 5.52. The number of aryl methyl sites for hydroxylation is 1. The van der Waals surface area contributed by atoms with Gasteiger partial charge in [0.05, 0.1) is 11.3 Å². The third kappa shape index (κ3) is 4.50. The van der Waals surface area contributed by atoms with E-state index in [1.807, 2.05) is 0 Å². The molecule has 1 aliphatic heterocycles. The van der Waals surface area contributed by atoms with Crippen molar-refractivity contribution in [2.45, 2.75) is 19.3 Å². The van der Waals surface area contributed by atoms with Gasteiger partial charge < -0.3 is 15.0 Å². The first-order valence-electron chi connectivity index (χ1n) is 9.95. The molecule has 0 radical (unpaired) electrons. The van der Waals surface area contributed by atoms with E-state index in [2.05, 4.69) is 25.3 Å². The van der Waals surface area contributed by atoms with Crippen LogP contribution in [-0.2, 0) is 0 Å². The SMILES string of the molecule is CNC(=O)c1cnc(C2CCN(C(=O)c3ccc(Oc4ncccn4)cc3)C2)nc1C. The number of rotatable bonds is 5. The minimum Gasteiger partial charge on any atom is -0.424 e. The minimum atomic E-state index is -0.210. The first kappa shape index (κ1) is 20.4. The molecule has 1 fully saturated rings. The van der Waals surface area contributed by atoms with Crippen molar-refractivity contribution in [2.24, 2.45) is 0 Å². The van der Waals surface area contributed by atoms with E-state index in [4.69, 9.17) is 4.74 Å². The molecule has 158 valence electrons. The van der Waals surface area contributed by atoms with Gasteiger partial charge in [-0.2, -0.15) is 0 Å². The molecule has 9 nitrogen and oxygen atoms in total. The van der Waals surface area contributed by atoms with Crippen LogP contribution in [0.15, 0.2) is 48.9 Å². The van der Waals surface area contributed by atoms with Crippen LogP contribution in [-0.4, -0.2) is 56.8 Å². The Kier molecular flexibility index (Phi) is 5.83. The maximum atomic E-state index is 12.9. The maximum Gasteiger partial charge on any atom is 0.321 e. The maximum absolute atomic E-state index is 12.9. The van der Waals surface area contributed by atoms with Crippen molar-refractivity contribution in [3.63, 3.8) is 0 Å². The van der Waals surface area contributed by atoms with Gasteiger partial charge in [-0.3, -0.25) is 9.59 Å². The molecule has 4 rings (SSSR count). The molecule has 1 aliphatic rings. The molecular formula is C22H22N6O3. The van der Waals surface area contributed by atoms with Crippen LogP contribution in [0.2, 0.25) is 0 Å². The fraction of sp³-hybridized carbons (Fsp3) is 0.273. The van der Waals surface area contributed by atoms with E-state index in [0.717, 1.165) is 6.42 Å². The van der Waals surface area contributed by atoms with Crippen molar-refractivity contribution in [2.75, 3.05) is 20.1 Å². The van der Waals surface area contributed by atoms with Crippen LogP contribution in [0.5, 0.6) is 11.8 Å². The molecule has 1 unspecified atom stereocenters. The normalized spacial score (nSPS) is 15.5. The topological polar surface area (TPSA) is 110 Å². The molecule has 9 heteroatoms. The Morgan fingerprint density at radius 2 is 1.87 bits per heavy atom. The van der Waals surface area contributed by atoms with Gasteiger partial charge in [0.15, 0.2) is 0 Å². The summed E-state index contributed by atoms with van der Waals surface area (Å²) < 4.78 is 5.57. The monoisotopic (exact) mass is 418 g/mol. The summed E-state index contributed by atoms with van der Waals surface area (Å²) in [5.74, 6) is 0.996. The fourth-order valence-electron chi connectivity index (χ4n) is 3.49. The van der Waals surface area contributed by atoms with Crippen molar-refractivity contribution in [1.82, 2.24) is 30.2 Å². The fourth-order valence-corrected chi connectivity index (χ4v) is 3.49. The van der Waals surface area contributed by atoms with E-state index in [1.165, 1.54) is 0 Å². The van der Waals surface area contributed by atoms with E-state index < -0.39 is 0 Å². The van der Waals surface area contributed by atoms with E-state index in [0.29, 0.717) is 41.5 Å². The molecule has 1 atom stereocenters. The standard InChI is InChI=1S/C22H22N6O3/c1-14-18(20(29)23-2)12-26-19(27-14)16-8-11-28(13-16)21(30)15-4-6-17(7-5-15)31-22-24-9-3-10-25-22/h3-7,9-10,12,16H,8,11,13H2,1-2H3,(H,23,29). The number of carbonyl (C=O) groups is 2. The molecule has 0 aliphatic carbocycles. The second-order valence-electron chi connectivity index (χ2n) is 7.20. The number of hydrogen-bond acceptors (Lipinski definition) is 7. The van der Waals surface area contributed by atoms with Gasteiger partial charge in [-0.05, 0) is 43.7 Å². The van der Waals surface area contributed by atoms with E-state index in [-0.39, 0.29) is 23.7 Å². The number of nitrogens with one attached hydrogen (secondary N) is 1. The minimum absolute atomic E-state index is 0.0409. The van der Waals surface area contributed by atoms with Crippen molar-refractivity contribution < 1.29 is 14.3 Å². The van der Waals surface area contributed by atoms with Gasteiger partial charge in [0.1, 0.15) is 11.6 Å². The summed E-state index contributed by atoms with van der Waals surface area (Å²) in [6.45, 7) is 2.95. The lowest BCUT2D eigenvalue weighted by Gasteiger charge is -2.17. The number of benzene rings is 1. The molecule has 1 aromatic carbocycles. The smallest absolute Gasteiger partial charge is 0.321 e. The second kappa shape index (κ2) is 8.86. The summed E-state index contributed by atoms with van der Waals surface area (Å²) in [5, 5.41) is 2.58. The Bertz CT molecular complexity index is 1090. The van der Waals surface area contributed by atoms with Crippen molar-refractivity contribution >= 4 is 11.8 Å². The highest BCUT2D eigenvalue weighted by Crippen LogP contribution is 2.27. The zero-order valence-electron chi connectivity index (χ0n) is 17.3. The van der Waals surface area contributed by atoms with Gasteiger partial charge in [-0.25, -0.2) is 19.9 Å². The Morgan fingerprint density at radius 1 is 1.13 bits per heavy atom. The molecule has 3 heterocycles. The number of amides is 2. The van der Waals surface area contributed by atoms with E-state index in [1.54, 1.807) is 67.8 Å². The second-order valence-corrected chi connectivity index (χ2v) is 7.20. The van der Waals surface area contributed by atoms with Gasteiger partial charge in [0.2, 0.25) is 0 Å². The lowest BCUT2D eigenvalue weighted by atomic mass is 10.1. The molecule has 31 heavy (non-hydrogen) atoms. The van der Waals surface area contributed by atoms with E-state index in [9.17, 15) is 9.59 Å². The molecule has 1 N–H and O–H groups in total. The number of ether oxygens (including phenoxy) is 1. The van der Waals surface area contributed by atoms with Crippen LogP contribution in [0.3, 0.4) is 0 Å². The number of nitrogens with zero attached hydrogens (tertiary/aromatic N) is 5. The Balaban J connectivity index is 1.40. The summed E-state index contributed by atoms with van der Waals surface area (Å²) >= 11 is 0. The lowest BCUT2D eigenvalue weighted by molar-refractivity contribution is 0.0790. The van der Waals surface area contributed by atoms with Gasteiger partial charge in [0, 0.05) is 50.2 Å². The van der Waals surface area contributed by atoms with Gasteiger partial charge >= 0.3 is 6.01 Å². The van der Waals surface area contributed by atoms with Crippen LogP contribution in [0.25, 0.3) is 0 Å². The highest BCUT2D eigenvalue weighted by atomic mass is 16.5. The third-order valence-electron chi connectivity index (χ3n) is 5.16. The van der Waals surface area contributed by atoms with Crippen molar-refractivity contribution in [3.8, 4) is 11.8 Å². The average Bonchev–Trinajstić information content (AvgIpc) is 3.29. The number of aromatic nitrogens is 4. The molecule has 0 spiro atoms. The van der Waals surface area contributed by atoms with Crippen LogP contribution < -0.4 is 10.1 Å². The number of hydrogen-bond donors (Lipinski definition) is 1. The molecule has 1 saturated heterocycles. The first-order chi connectivity index (χ1) is 15.0. The average molecular weight is 418 g/mol. The molecule has 2 aromatic heterocycles. The summed E-state index contributed by atoms with van der Waals surface area (Å²) in [5.41, 5.74) is 1.67. The molecule has 0 bridgehead atoms. The quantitative estimate of drug-likeness (QED) is 0.677.